The minimum atomic E-state index is 0.294. The molecule has 0 spiro atoms. The Bertz CT molecular complexity index is 293. The molecule has 0 bridgehead atoms. The highest BCUT2D eigenvalue weighted by molar-refractivity contribution is 5.00. The van der Waals surface area contributed by atoms with Crippen molar-refractivity contribution in [3.63, 3.8) is 0 Å². The van der Waals surface area contributed by atoms with Crippen molar-refractivity contribution < 1.29 is 0 Å². The highest BCUT2D eigenvalue weighted by Gasteiger charge is 2.05. The van der Waals surface area contributed by atoms with E-state index >= 15 is 0 Å². The molecule has 2 nitrogen and oxygen atoms in total. The highest BCUT2D eigenvalue weighted by atomic mass is 14.9. The summed E-state index contributed by atoms with van der Waals surface area (Å²) in [6, 6.07) is 0.294. The van der Waals surface area contributed by atoms with Crippen LogP contribution >= 0.6 is 0 Å². The van der Waals surface area contributed by atoms with Crippen molar-refractivity contribution in [3.05, 3.63) is 49.5 Å². The molecule has 0 aliphatic heterocycles. The fraction of sp³-hybridized carbons (Fsp3) is 0.500. The molecule has 18 heavy (non-hydrogen) atoms. The molecular formula is C16H28N2. The molecule has 1 unspecified atom stereocenters. The van der Waals surface area contributed by atoms with E-state index < -0.39 is 0 Å². The third kappa shape index (κ3) is 11.1. The molecule has 1 atom stereocenters. The smallest absolute Gasteiger partial charge is 0.0490 e. The minimum Gasteiger partial charge on any atom is -0.385 e. The molecule has 0 aromatic rings. The molecule has 0 aromatic carbocycles. The molecule has 0 saturated heterocycles. The number of nitrogens with one attached hydrogen (secondary N) is 2. The molecule has 2 N–H and O–H groups in total. The van der Waals surface area contributed by atoms with Crippen LogP contribution in [-0.4, -0.2) is 6.04 Å². The molecule has 0 aliphatic carbocycles. The Kier molecular flexibility index (Phi) is 8.81. The van der Waals surface area contributed by atoms with Crippen LogP contribution in [0.2, 0.25) is 0 Å². The zero-order valence-corrected chi connectivity index (χ0v) is 12.2. The standard InChI is InChI=1S/C16H28N2/c1-6-9-15(18-12-7-2)10-14-17-13-8-11-16(3,4)5/h6-8,10,12-15,17-18H,1,9,11H2,2-5H3/b12-7+,13-8+,14-10+. The Labute approximate surface area is 113 Å². The van der Waals surface area contributed by atoms with Crippen LogP contribution in [0.5, 0.6) is 0 Å². The van der Waals surface area contributed by atoms with Gasteiger partial charge in [0.1, 0.15) is 0 Å². The van der Waals surface area contributed by atoms with E-state index in [4.69, 9.17) is 0 Å². The molecule has 102 valence electrons. The number of hydrogen-bond acceptors (Lipinski definition) is 2. The molecular weight excluding hydrogens is 220 g/mol. The van der Waals surface area contributed by atoms with Crippen molar-refractivity contribution in [2.24, 2.45) is 5.41 Å². The third-order valence-corrected chi connectivity index (χ3v) is 2.27. The van der Waals surface area contributed by atoms with E-state index in [1.165, 1.54) is 0 Å². The van der Waals surface area contributed by atoms with E-state index in [2.05, 4.69) is 50.1 Å². The molecule has 0 radical (unpaired) electrons. The largest absolute Gasteiger partial charge is 0.385 e. The summed E-state index contributed by atoms with van der Waals surface area (Å²) < 4.78 is 0. The lowest BCUT2D eigenvalue weighted by molar-refractivity contribution is 0.420. The van der Waals surface area contributed by atoms with Gasteiger partial charge in [0.15, 0.2) is 0 Å². The van der Waals surface area contributed by atoms with Gasteiger partial charge in [-0.05, 0) is 49.9 Å². The van der Waals surface area contributed by atoms with Crippen molar-refractivity contribution in [3.8, 4) is 0 Å². The van der Waals surface area contributed by atoms with Gasteiger partial charge in [-0.15, -0.1) is 6.58 Å². The Morgan fingerprint density at radius 1 is 1.17 bits per heavy atom. The summed E-state index contributed by atoms with van der Waals surface area (Å²) in [6.45, 7) is 12.4. The van der Waals surface area contributed by atoms with Gasteiger partial charge in [-0.25, -0.2) is 0 Å². The van der Waals surface area contributed by atoms with Crippen LogP contribution in [-0.2, 0) is 0 Å². The second-order valence-corrected chi connectivity index (χ2v) is 5.49. The van der Waals surface area contributed by atoms with Crippen LogP contribution in [0.3, 0.4) is 0 Å². The summed E-state index contributed by atoms with van der Waals surface area (Å²) >= 11 is 0. The van der Waals surface area contributed by atoms with E-state index in [1.807, 2.05) is 37.7 Å². The van der Waals surface area contributed by atoms with Gasteiger partial charge in [-0.2, -0.15) is 0 Å². The summed E-state index contributed by atoms with van der Waals surface area (Å²) in [7, 11) is 0. The number of hydrogen-bond donors (Lipinski definition) is 2. The Balaban J connectivity index is 3.99. The van der Waals surface area contributed by atoms with Gasteiger partial charge in [-0.1, -0.05) is 39.0 Å². The molecule has 0 fully saturated rings. The Hall–Kier alpha value is -1.44. The Morgan fingerprint density at radius 3 is 2.44 bits per heavy atom. The fourth-order valence-electron chi connectivity index (χ4n) is 1.31. The molecule has 0 aromatic heterocycles. The zero-order valence-electron chi connectivity index (χ0n) is 12.2. The van der Waals surface area contributed by atoms with Crippen molar-refractivity contribution >= 4 is 0 Å². The van der Waals surface area contributed by atoms with Gasteiger partial charge < -0.3 is 10.6 Å². The lowest BCUT2D eigenvalue weighted by Crippen LogP contribution is -2.21. The van der Waals surface area contributed by atoms with E-state index in [-0.39, 0.29) is 0 Å². The van der Waals surface area contributed by atoms with Crippen molar-refractivity contribution in [1.82, 2.24) is 10.6 Å². The molecule has 0 amide bonds. The van der Waals surface area contributed by atoms with Crippen molar-refractivity contribution in [1.29, 1.82) is 0 Å². The third-order valence-electron chi connectivity index (χ3n) is 2.27. The maximum Gasteiger partial charge on any atom is 0.0490 e. The van der Waals surface area contributed by atoms with Crippen LogP contribution < -0.4 is 10.6 Å². The molecule has 0 rings (SSSR count). The normalized spacial score (nSPS) is 14.4. The lowest BCUT2D eigenvalue weighted by atomic mass is 9.92. The highest BCUT2D eigenvalue weighted by Crippen LogP contribution is 2.18. The van der Waals surface area contributed by atoms with Crippen molar-refractivity contribution in [2.75, 3.05) is 0 Å². The number of rotatable bonds is 8. The van der Waals surface area contributed by atoms with Gasteiger partial charge >= 0.3 is 0 Å². The number of allylic oxidation sites excluding steroid dienone is 2. The van der Waals surface area contributed by atoms with E-state index in [1.54, 1.807) is 0 Å². The predicted octanol–water partition coefficient (Wildman–Crippen LogP) is 4.11. The first-order valence-corrected chi connectivity index (χ1v) is 6.55. The first-order chi connectivity index (χ1) is 8.49. The first-order valence-electron chi connectivity index (χ1n) is 6.55. The topological polar surface area (TPSA) is 24.1 Å². The first kappa shape index (κ1) is 16.6. The maximum absolute atomic E-state index is 3.76. The van der Waals surface area contributed by atoms with Gasteiger partial charge in [0, 0.05) is 6.04 Å². The summed E-state index contributed by atoms with van der Waals surface area (Å²) in [5.41, 5.74) is 0.348. The van der Waals surface area contributed by atoms with Crippen LogP contribution in [0, 0.1) is 5.41 Å². The second-order valence-electron chi connectivity index (χ2n) is 5.49. The van der Waals surface area contributed by atoms with Gasteiger partial charge in [0.25, 0.3) is 0 Å². The average molecular weight is 248 g/mol. The summed E-state index contributed by atoms with van der Waals surface area (Å²) in [6.07, 6.45) is 16.0. The van der Waals surface area contributed by atoms with Gasteiger partial charge in [-0.3, -0.25) is 0 Å². The van der Waals surface area contributed by atoms with E-state index in [9.17, 15) is 0 Å². The SMILES string of the molecule is C=CCC(/C=C/N/C=C/CC(C)(C)C)N/C=C/C. The molecule has 0 aliphatic rings. The zero-order chi connectivity index (χ0) is 13.9. The summed E-state index contributed by atoms with van der Waals surface area (Å²) in [5.74, 6) is 0. The quantitative estimate of drug-likeness (QED) is 0.632. The molecule has 0 saturated carbocycles. The molecule has 0 heterocycles. The Morgan fingerprint density at radius 2 is 1.89 bits per heavy atom. The van der Waals surface area contributed by atoms with Gasteiger partial charge in [0.2, 0.25) is 0 Å². The minimum absolute atomic E-state index is 0.294. The summed E-state index contributed by atoms with van der Waals surface area (Å²) in [5, 5.41) is 6.45. The second kappa shape index (κ2) is 9.58. The van der Waals surface area contributed by atoms with Crippen LogP contribution in [0.25, 0.3) is 0 Å². The van der Waals surface area contributed by atoms with Gasteiger partial charge in [0.05, 0.1) is 0 Å². The molecule has 2 heteroatoms. The fourth-order valence-corrected chi connectivity index (χ4v) is 1.31. The van der Waals surface area contributed by atoms with Crippen LogP contribution in [0.4, 0.5) is 0 Å². The van der Waals surface area contributed by atoms with E-state index in [0.717, 1.165) is 12.8 Å². The predicted molar refractivity (Wildman–Crippen MR) is 82.0 cm³/mol. The lowest BCUT2D eigenvalue weighted by Gasteiger charge is -2.14. The van der Waals surface area contributed by atoms with E-state index in [0.29, 0.717) is 11.5 Å². The monoisotopic (exact) mass is 248 g/mol. The van der Waals surface area contributed by atoms with Crippen molar-refractivity contribution in [2.45, 2.75) is 46.6 Å². The van der Waals surface area contributed by atoms with Crippen LogP contribution in [0.15, 0.2) is 49.5 Å². The summed E-state index contributed by atoms with van der Waals surface area (Å²) in [4.78, 5) is 0. The average Bonchev–Trinajstić information content (AvgIpc) is 2.29. The van der Waals surface area contributed by atoms with Crippen LogP contribution in [0.1, 0.15) is 40.5 Å². The maximum atomic E-state index is 3.76.